The van der Waals surface area contributed by atoms with Crippen LogP contribution in [-0.2, 0) is 11.3 Å². The van der Waals surface area contributed by atoms with Crippen molar-refractivity contribution in [3.63, 3.8) is 0 Å². The van der Waals surface area contributed by atoms with Gasteiger partial charge >= 0.3 is 0 Å². The third-order valence-electron chi connectivity index (χ3n) is 3.38. The molecule has 1 aromatic carbocycles. The van der Waals surface area contributed by atoms with Crippen LogP contribution in [-0.4, -0.2) is 19.2 Å². The van der Waals surface area contributed by atoms with Crippen LogP contribution in [0, 0.1) is 5.92 Å². The average molecular weight is 219 g/mol. The van der Waals surface area contributed by atoms with Gasteiger partial charge in [0.1, 0.15) is 0 Å². The zero-order chi connectivity index (χ0) is 11.2. The van der Waals surface area contributed by atoms with Gasteiger partial charge in [-0.2, -0.15) is 0 Å². The molecular formula is C14H21NO. The molecule has 16 heavy (non-hydrogen) atoms. The van der Waals surface area contributed by atoms with Crippen molar-refractivity contribution in [2.45, 2.75) is 32.4 Å². The van der Waals surface area contributed by atoms with E-state index in [1.54, 1.807) is 0 Å². The van der Waals surface area contributed by atoms with Crippen LogP contribution < -0.4 is 5.32 Å². The topological polar surface area (TPSA) is 21.3 Å². The highest BCUT2D eigenvalue weighted by Crippen LogP contribution is 2.25. The molecule has 0 spiro atoms. The van der Waals surface area contributed by atoms with Crippen LogP contribution in [0.5, 0.6) is 0 Å². The third kappa shape index (κ3) is 3.32. The molecule has 1 N–H and O–H groups in total. The standard InChI is InChI=1S/C14H21NO/c1-12-7-8-14(12)15-9-10-16-11-13-5-3-2-4-6-13/h2-6,12,14-15H,7-11H2,1H3. The lowest BCUT2D eigenvalue weighted by molar-refractivity contribution is 0.112. The van der Waals surface area contributed by atoms with Gasteiger partial charge in [-0.15, -0.1) is 0 Å². The summed E-state index contributed by atoms with van der Waals surface area (Å²) in [5, 5.41) is 3.53. The van der Waals surface area contributed by atoms with Gasteiger partial charge in [-0.05, 0) is 24.3 Å². The van der Waals surface area contributed by atoms with Crippen LogP contribution in [0.4, 0.5) is 0 Å². The lowest BCUT2D eigenvalue weighted by atomic mass is 9.81. The van der Waals surface area contributed by atoms with Crippen LogP contribution in [0.2, 0.25) is 0 Å². The fraction of sp³-hybridized carbons (Fsp3) is 0.571. The zero-order valence-electron chi connectivity index (χ0n) is 9.99. The van der Waals surface area contributed by atoms with E-state index in [0.717, 1.165) is 31.7 Å². The van der Waals surface area contributed by atoms with Crippen molar-refractivity contribution in [1.82, 2.24) is 5.32 Å². The molecule has 88 valence electrons. The molecule has 2 heteroatoms. The molecule has 1 saturated carbocycles. The molecule has 0 heterocycles. The Morgan fingerprint density at radius 3 is 2.69 bits per heavy atom. The Labute approximate surface area is 98.0 Å². The molecule has 0 saturated heterocycles. The fourth-order valence-electron chi connectivity index (χ4n) is 2.05. The molecule has 2 unspecified atom stereocenters. The number of hydrogen-bond acceptors (Lipinski definition) is 2. The van der Waals surface area contributed by atoms with E-state index >= 15 is 0 Å². The van der Waals surface area contributed by atoms with Gasteiger partial charge in [0.05, 0.1) is 13.2 Å². The van der Waals surface area contributed by atoms with Crippen molar-refractivity contribution in [2.24, 2.45) is 5.92 Å². The van der Waals surface area contributed by atoms with Crippen LogP contribution in [0.1, 0.15) is 25.3 Å². The molecular weight excluding hydrogens is 198 g/mol. The second kappa shape index (κ2) is 6.02. The molecule has 0 aromatic heterocycles. The van der Waals surface area contributed by atoms with E-state index in [0.29, 0.717) is 0 Å². The first-order valence-corrected chi connectivity index (χ1v) is 6.21. The summed E-state index contributed by atoms with van der Waals surface area (Å²) < 4.78 is 5.61. The van der Waals surface area contributed by atoms with E-state index < -0.39 is 0 Å². The smallest absolute Gasteiger partial charge is 0.0717 e. The molecule has 0 radical (unpaired) electrons. The van der Waals surface area contributed by atoms with Crippen molar-refractivity contribution >= 4 is 0 Å². The summed E-state index contributed by atoms with van der Waals surface area (Å²) >= 11 is 0. The lowest BCUT2D eigenvalue weighted by Crippen LogP contribution is -2.43. The van der Waals surface area contributed by atoms with E-state index in [1.807, 2.05) is 18.2 Å². The number of ether oxygens (including phenoxy) is 1. The van der Waals surface area contributed by atoms with Gasteiger partial charge < -0.3 is 10.1 Å². The summed E-state index contributed by atoms with van der Waals surface area (Å²) in [6.45, 7) is 4.81. The molecule has 1 aliphatic rings. The van der Waals surface area contributed by atoms with Gasteiger partial charge in [-0.3, -0.25) is 0 Å². The maximum absolute atomic E-state index is 5.61. The largest absolute Gasteiger partial charge is 0.375 e. The van der Waals surface area contributed by atoms with E-state index in [1.165, 1.54) is 18.4 Å². The monoisotopic (exact) mass is 219 g/mol. The summed E-state index contributed by atoms with van der Waals surface area (Å²) in [4.78, 5) is 0. The highest BCUT2D eigenvalue weighted by Gasteiger charge is 2.25. The highest BCUT2D eigenvalue weighted by molar-refractivity contribution is 5.13. The summed E-state index contributed by atoms with van der Waals surface area (Å²) in [6.07, 6.45) is 2.71. The van der Waals surface area contributed by atoms with Crippen molar-refractivity contribution in [1.29, 1.82) is 0 Å². The van der Waals surface area contributed by atoms with E-state index in [9.17, 15) is 0 Å². The van der Waals surface area contributed by atoms with Crippen LogP contribution in [0.25, 0.3) is 0 Å². The first-order valence-electron chi connectivity index (χ1n) is 6.21. The minimum absolute atomic E-state index is 0.725. The summed E-state index contributed by atoms with van der Waals surface area (Å²) in [7, 11) is 0. The Morgan fingerprint density at radius 2 is 2.06 bits per heavy atom. The Kier molecular flexibility index (Phi) is 4.37. The van der Waals surface area contributed by atoms with Gasteiger partial charge in [0.15, 0.2) is 0 Å². The number of benzene rings is 1. The van der Waals surface area contributed by atoms with E-state index in [4.69, 9.17) is 4.74 Å². The van der Waals surface area contributed by atoms with Gasteiger partial charge in [-0.25, -0.2) is 0 Å². The molecule has 0 amide bonds. The molecule has 1 aliphatic carbocycles. The molecule has 0 aliphatic heterocycles. The van der Waals surface area contributed by atoms with Crippen LogP contribution in [0.15, 0.2) is 30.3 Å². The number of nitrogens with one attached hydrogen (secondary N) is 1. The van der Waals surface area contributed by atoms with Crippen LogP contribution in [0.3, 0.4) is 0 Å². The summed E-state index contributed by atoms with van der Waals surface area (Å²) in [5.74, 6) is 0.856. The third-order valence-corrected chi connectivity index (χ3v) is 3.38. The molecule has 2 atom stereocenters. The summed E-state index contributed by atoms with van der Waals surface area (Å²) in [5.41, 5.74) is 1.25. The average Bonchev–Trinajstić information content (AvgIpc) is 2.33. The van der Waals surface area contributed by atoms with Gasteiger partial charge in [0.25, 0.3) is 0 Å². The minimum atomic E-state index is 0.725. The zero-order valence-corrected chi connectivity index (χ0v) is 9.99. The Balaban J connectivity index is 1.52. The molecule has 1 fully saturated rings. The Morgan fingerprint density at radius 1 is 1.25 bits per heavy atom. The SMILES string of the molecule is CC1CCC1NCCOCc1ccccc1. The molecule has 2 rings (SSSR count). The Hall–Kier alpha value is -0.860. The van der Waals surface area contributed by atoms with Crippen molar-refractivity contribution < 1.29 is 4.74 Å². The van der Waals surface area contributed by atoms with Gasteiger partial charge in [-0.1, -0.05) is 37.3 Å². The van der Waals surface area contributed by atoms with Crippen molar-refractivity contribution in [3.8, 4) is 0 Å². The normalized spacial score (nSPS) is 24.1. The number of hydrogen-bond donors (Lipinski definition) is 1. The van der Waals surface area contributed by atoms with E-state index in [-0.39, 0.29) is 0 Å². The predicted molar refractivity (Wildman–Crippen MR) is 66.3 cm³/mol. The second-order valence-corrected chi connectivity index (χ2v) is 4.65. The lowest BCUT2D eigenvalue weighted by Gasteiger charge is -2.34. The molecule has 2 nitrogen and oxygen atoms in total. The predicted octanol–water partition coefficient (Wildman–Crippen LogP) is 2.59. The maximum atomic E-state index is 5.61. The first kappa shape index (κ1) is 11.6. The molecule has 1 aromatic rings. The van der Waals surface area contributed by atoms with Crippen molar-refractivity contribution in [3.05, 3.63) is 35.9 Å². The van der Waals surface area contributed by atoms with Gasteiger partial charge in [0.2, 0.25) is 0 Å². The van der Waals surface area contributed by atoms with E-state index in [2.05, 4.69) is 24.4 Å². The van der Waals surface area contributed by atoms with Gasteiger partial charge in [0, 0.05) is 12.6 Å². The highest BCUT2D eigenvalue weighted by atomic mass is 16.5. The maximum Gasteiger partial charge on any atom is 0.0717 e. The fourth-order valence-corrected chi connectivity index (χ4v) is 2.05. The quantitative estimate of drug-likeness (QED) is 0.743. The van der Waals surface area contributed by atoms with Crippen molar-refractivity contribution in [2.75, 3.05) is 13.2 Å². The second-order valence-electron chi connectivity index (χ2n) is 4.65. The minimum Gasteiger partial charge on any atom is -0.375 e. The van der Waals surface area contributed by atoms with Crippen LogP contribution >= 0.6 is 0 Å². The summed E-state index contributed by atoms with van der Waals surface area (Å²) in [6, 6.07) is 11.1. The molecule has 0 bridgehead atoms. The Bertz CT molecular complexity index is 299. The first-order chi connectivity index (χ1) is 7.86. The number of rotatable bonds is 6.